The van der Waals surface area contributed by atoms with E-state index >= 15 is 4.57 Å². The number of hydrogen-bond acceptors (Lipinski definition) is 1. The molecule has 0 amide bonds. The van der Waals surface area contributed by atoms with Gasteiger partial charge in [-0.2, -0.15) is 0 Å². The fourth-order valence-corrected chi connectivity index (χ4v) is 10.1. The molecule has 1 aliphatic rings. The van der Waals surface area contributed by atoms with Crippen LogP contribution in [0.15, 0.2) is 176 Å². The van der Waals surface area contributed by atoms with E-state index in [9.17, 15) is 0 Å². The smallest absolute Gasteiger partial charge is 0.270 e. The average molecular weight is 609 g/mol. The van der Waals surface area contributed by atoms with Crippen molar-refractivity contribution in [1.29, 1.82) is 0 Å². The van der Waals surface area contributed by atoms with Gasteiger partial charge in [-0.25, -0.2) is 0 Å². The van der Waals surface area contributed by atoms with Crippen molar-refractivity contribution in [1.82, 2.24) is 0 Å². The van der Waals surface area contributed by atoms with E-state index in [1.165, 1.54) is 32.3 Å². The lowest BCUT2D eigenvalue weighted by atomic mass is 9.92. The molecule has 4 heteroatoms. The zero-order valence-corrected chi connectivity index (χ0v) is 25.9. The quantitative estimate of drug-likeness (QED) is 0.147. The average Bonchev–Trinajstić information content (AvgIpc) is 3.41. The van der Waals surface area contributed by atoms with E-state index in [0.717, 1.165) is 39.2 Å². The number of nitrogens with zero attached hydrogens (tertiary/aromatic N) is 2. The maximum absolute atomic E-state index is 15.9. The molecule has 46 heavy (non-hydrogen) atoms. The summed E-state index contributed by atoms with van der Waals surface area (Å²) in [5.41, 5.74) is 5.82. The number of hydrogen-bond donors (Lipinski definition) is 0. The number of fused-ring (bicyclic) bond motifs is 7. The molecule has 0 saturated carbocycles. The molecule has 9 rings (SSSR count). The molecule has 0 fully saturated rings. The second-order valence-corrected chi connectivity index (χ2v) is 14.1. The van der Waals surface area contributed by atoms with Gasteiger partial charge in [0.25, 0.3) is 0 Å². The Bertz CT molecular complexity index is 2430. The second kappa shape index (κ2) is 10.5. The predicted octanol–water partition coefficient (Wildman–Crippen LogP) is 11.6. The molecule has 218 valence electrons. The Kier molecular flexibility index (Phi) is 6.09. The van der Waals surface area contributed by atoms with E-state index in [1.807, 2.05) is 91.0 Å². The van der Waals surface area contributed by atoms with Gasteiger partial charge in [0.15, 0.2) is 0 Å². The minimum Gasteiger partial charge on any atom is -0.270 e. The topological polar surface area (TPSA) is 23.6 Å². The molecule has 8 aromatic rings. The van der Waals surface area contributed by atoms with Gasteiger partial charge in [0.2, 0.25) is 0 Å². The molecule has 0 aromatic heterocycles. The van der Waals surface area contributed by atoms with Crippen molar-refractivity contribution in [2.75, 3.05) is 9.34 Å². The van der Waals surface area contributed by atoms with Crippen LogP contribution >= 0.6 is 7.44 Å². The molecular formula is C42H29N2OP. The van der Waals surface area contributed by atoms with Crippen molar-refractivity contribution in [3.63, 3.8) is 0 Å². The number of anilines is 4. The van der Waals surface area contributed by atoms with Crippen LogP contribution in [0.4, 0.5) is 22.7 Å². The predicted molar refractivity (Wildman–Crippen MR) is 195 cm³/mol. The number of benzene rings is 8. The molecule has 0 radical (unpaired) electrons. The lowest BCUT2D eigenvalue weighted by molar-refractivity contribution is 0.582. The molecule has 8 aromatic carbocycles. The molecule has 0 bridgehead atoms. The monoisotopic (exact) mass is 608 g/mol. The molecular weight excluding hydrogens is 579 g/mol. The van der Waals surface area contributed by atoms with Gasteiger partial charge in [0.05, 0.1) is 16.7 Å². The highest BCUT2D eigenvalue weighted by Gasteiger charge is 2.49. The first kappa shape index (κ1) is 26.7. The number of para-hydroxylation sites is 2. The summed E-state index contributed by atoms with van der Waals surface area (Å²) in [5, 5.41) is 8.29. The van der Waals surface area contributed by atoms with Crippen LogP contribution in [0.5, 0.6) is 0 Å². The van der Waals surface area contributed by atoms with Crippen molar-refractivity contribution >= 4 is 67.8 Å². The minimum absolute atomic E-state index is 0.782. The van der Waals surface area contributed by atoms with Gasteiger partial charge >= 0.3 is 7.44 Å². The Balaban J connectivity index is 1.30. The van der Waals surface area contributed by atoms with Crippen LogP contribution in [0, 0.1) is 0 Å². The van der Waals surface area contributed by atoms with Crippen molar-refractivity contribution < 1.29 is 4.57 Å². The van der Waals surface area contributed by atoms with Crippen LogP contribution in [-0.2, 0) is 4.57 Å². The molecule has 1 aliphatic heterocycles. The molecule has 0 N–H and O–H groups in total. The third-order valence-corrected chi connectivity index (χ3v) is 12.1. The summed E-state index contributed by atoms with van der Waals surface area (Å²) in [4.78, 5) is 0. The normalized spacial score (nSPS) is 15.9. The Morgan fingerprint density at radius 2 is 0.761 bits per heavy atom. The van der Waals surface area contributed by atoms with Gasteiger partial charge in [-0.3, -0.25) is 13.9 Å². The Morgan fingerprint density at radius 3 is 1.33 bits per heavy atom. The van der Waals surface area contributed by atoms with Gasteiger partial charge in [-0.15, -0.1) is 0 Å². The van der Waals surface area contributed by atoms with Gasteiger partial charge < -0.3 is 0 Å². The summed E-state index contributed by atoms with van der Waals surface area (Å²) in [7, 11) is -3.41. The van der Waals surface area contributed by atoms with Crippen LogP contribution in [0.25, 0.3) is 43.4 Å². The maximum atomic E-state index is 15.9. The third-order valence-electron chi connectivity index (χ3n) is 9.15. The summed E-state index contributed by atoms with van der Waals surface area (Å²) >= 11 is 0. The lowest BCUT2D eigenvalue weighted by Crippen LogP contribution is -2.26. The van der Waals surface area contributed by atoms with E-state index in [-0.39, 0.29) is 0 Å². The summed E-state index contributed by atoms with van der Waals surface area (Å²) in [6, 6.07) is 60.8. The zero-order valence-electron chi connectivity index (χ0n) is 25.0. The fraction of sp³-hybridized carbons (Fsp3) is 0. The van der Waals surface area contributed by atoms with Crippen LogP contribution < -0.4 is 14.6 Å². The number of rotatable bonds is 4. The molecule has 0 spiro atoms. The first-order valence-corrected chi connectivity index (χ1v) is 17.2. The van der Waals surface area contributed by atoms with E-state index < -0.39 is 7.44 Å². The van der Waals surface area contributed by atoms with Crippen molar-refractivity contribution in [3.8, 4) is 11.1 Å². The van der Waals surface area contributed by atoms with E-state index in [4.69, 9.17) is 0 Å². The molecule has 1 unspecified atom stereocenters. The highest BCUT2D eigenvalue weighted by molar-refractivity contribution is 7.76. The zero-order chi connectivity index (χ0) is 30.7. The summed E-state index contributed by atoms with van der Waals surface area (Å²) in [6.45, 7) is 0. The van der Waals surface area contributed by atoms with Crippen molar-refractivity contribution in [2.24, 2.45) is 0 Å². The van der Waals surface area contributed by atoms with E-state index in [0.29, 0.717) is 0 Å². The van der Waals surface area contributed by atoms with Crippen LogP contribution in [0.2, 0.25) is 0 Å². The van der Waals surface area contributed by atoms with Crippen LogP contribution in [0.3, 0.4) is 0 Å². The largest absolute Gasteiger partial charge is 0.301 e. The van der Waals surface area contributed by atoms with E-state index in [1.54, 1.807) is 0 Å². The van der Waals surface area contributed by atoms with Gasteiger partial charge in [-0.05, 0) is 98.0 Å². The van der Waals surface area contributed by atoms with Crippen LogP contribution in [-0.4, -0.2) is 0 Å². The van der Waals surface area contributed by atoms with Crippen molar-refractivity contribution in [2.45, 2.75) is 0 Å². The fourth-order valence-electron chi connectivity index (χ4n) is 7.10. The highest BCUT2D eigenvalue weighted by Crippen LogP contribution is 2.70. The summed E-state index contributed by atoms with van der Waals surface area (Å²) in [5.74, 6) is 0. The second-order valence-electron chi connectivity index (χ2n) is 11.7. The molecule has 0 saturated heterocycles. The first-order valence-electron chi connectivity index (χ1n) is 15.6. The van der Waals surface area contributed by atoms with Gasteiger partial charge in [0, 0.05) is 11.4 Å². The molecule has 1 atom stereocenters. The third kappa shape index (κ3) is 3.96. The highest BCUT2D eigenvalue weighted by atomic mass is 31.2. The molecule has 0 aliphatic carbocycles. The minimum atomic E-state index is -3.41. The Hall–Kier alpha value is -5.63. The SMILES string of the molecule is O=P1(c2ccccc2)N(c2ccccc2)c2ccc(-c3ccc4c5ccccc5c5ccccc5c4c3)cc2N1c1ccccc1. The molecule has 3 nitrogen and oxygen atoms in total. The maximum Gasteiger partial charge on any atom is 0.301 e. The first-order chi connectivity index (χ1) is 22.7. The molecule has 1 heterocycles. The van der Waals surface area contributed by atoms with Crippen molar-refractivity contribution in [3.05, 3.63) is 176 Å². The standard InChI is InChI=1S/C42H29N2OP/c45-46(34-18-8-3-9-19-34)43(32-14-4-1-5-15-32)41-27-25-31(29-42(41)44(46)33-16-6-2-7-17-33)30-24-26-39-37-22-11-10-20-35(37)36-21-12-13-23-38(36)40(39)28-30/h1-29H. The van der Waals surface area contributed by atoms with Crippen LogP contribution in [0.1, 0.15) is 0 Å². The summed E-state index contributed by atoms with van der Waals surface area (Å²) in [6.07, 6.45) is 0. The Labute approximate surface area is 268 Å². The van der Waals surface area contributed by atoms with Gasteiger partial charge in [0.1, 0.15) is 0 Å². The Morgan fingerprint density at radius 1 is 0.348 bits per heavy atom. The summed E-state index contributed by atoms with van der Waals surface area (Å²) < 4.78 is 20.0. The lowest BCUT2D eigenvalue weighted by Gasteiger charge is -2.33. The van der Waals surface area contributed by atoms with E-state index in [2.05, 4.69) is 94.3 Å². The van der Waals surface area contributed by atoms with Gasteiger partial charge in [-0.1, -0.05) is 121 Å².